The highest BCUT2D eigenvalue weighted by Crippen LogP contribution is 2.36. The van der Waals surface area contributed by atoms with Crippen molar-refractivity contribution in [1.82, 2.24) is 20.6 Å². The zero-order chi connectivity index (χ0) is 20.0. The van der Waals surface area contributed by atoms with Gasteiger partial charge < -0.3 is 25.1 Å². The highest BCUT2D eigenvalue weighted by atomic mass is 16.4. The maximum atomic E-state index is 12.1. The number of carboxylic acids is 1. The maximum absolute atomic E-state index is 12.1. The zero-order valence-electron chi connectivity index (χ0n) is 16.4. The lowest BCUT2D eigenvalue weighted by molar-refractivity contribution is -0.138. The van der Waals surface area contributed by atoms with Crippen molar-refractivity contribution < 1.29 is 14.3 Å². The second kappa shape index (κ2) is 7.27. The van der Waals surface area contributed by atoms with Gasteiger partial charge in [-0.3, -0.25) is 0 Å². The van der Waals surface area contributed by atoms with Crippen molar-refractivity contribution in [2.45, 2.75) is 44.3 Å². The third-order valence-corrected chi connectivity index (χ3v) is 5.94. The summed E-state index contributed by atoms with van der Waals surface area (Å²) in [6, 6.07) is 7.55. The van der Waals surface area contributed by atoms with Gasteiger partial charge in [-0.25, -0.2) is 14.8 Å². The van der Waals surface area contributed by atoms with Gasteiger partial charge in [0, 0.05) is 30.6 Å². The minimum absolute atomic E-state index is 0.0932. The molecule has 5 rings (SSSR count). The maximum Gasteiger partial charge on any atom is 0.326 e. The highest BCUT2D eigenvalue weighted by Gasteiger charge is 2.40. The Morgan fingerprint density at radius 1 is 1.31 bits per heavy atom. The lowest BCUT2D eigenvalue weighted by atomic mass is 10.1. The molecule has 3 atom stereocenters. The lowest BCUT2D eigenvalue weighted by Gasteiger charge is -2.27. The Hall–Kier alpha value is -2.71. The van der Waals surface area contributed by atoms with E-state index in [1.807, 2.05) is 36.1 Å². The zero-order valence-corrected chi connectivity index (χ0v) is 16.4. The predicted molar refractivity (Wildman–Crippen MR) is 110 cm³/mol. The van der Waals surface area contributed by atoms with Crippen LogP contribution < -0.4 is 15.5 Å². The number of carbonyl (C=O) groups is 1. The smallest absolute Gasteiger partial charge is 0.326 e. The molecular formula is C21H25N5O3. The molecule has 0 spiro atoms. The molecule has 4 heterocycles. The first kappa shape index (κ1) is 18.3. The molecule has 3 N–H and O–H groups in total. The number of anilines is 1. The number of aryl methyl sites for hydroxylation is 1. The summed E-state index contributed by atoms with van der Waals surface area (Å²) in [6.45, 7) is 4.39. The van der Waals surface area contributed by atoms with Crippen LogP contribution in [0.15, 0.2) is 28.7 Å². The molecule has 152 valence electrons. The lowest BCUT2D eigenvalue weighted by Crippen LogP contribution is -2.48. The fourth-order valence-corrected chi connectivity index (χ4v) is 4.63. The molecule has 2 aliphatic rings. The molecule has 3 unspecified atom stereocenters. The van der Waals surface area contributed by atoms with Crippen LogP contribution in [0.1, 0.15) is 25.1 Å². The number of fused-ring (bicyclic) bond motifs is 3. The molecule has 2 aromatic heterocycles. The molecule has 2 fully saturated rings. The van der Waals surface area contributed by atoms with Gasteiger partial charge in [0.2, 0.25) is 0 Å². The average Bonchev–Trinajstić information content (AvgIpc) is 3.30. The van der Waals surface area contributed by atoms with Gasteiger partial charge >= 0.3 is 5.97 Å². The Balaban J connectivity index is 1.52. The minimum Gasteiger partial charge on any atom is -0.480 e. The van der Waals surface area contributed by atoms with Crippen molar-refractivity contribution in [2.75, 3.05) is 24.5 Å². The van der Waals surface area contributed by atoms with E-state index in [0.717, 1.165) is 42.4 Å². The first-order valence-electron chi connectivity index (χ1n) is 10.2. The number of rotatable bonds is 4. The molecule has 0 aliphatic carbocycles. The number of nitrogens with zero attached hydrogens (tertiary/aromatic N) is 3. The summed E-state index contributed by atoms with van der Waals surface area (Å²) in [6.07, 6.45) is 2.79. The van der Waals surface area contributed by atoms with Gasteiger partial charge in [-0.05, 0) is 44.9 Å². The molecule has 8 heteroatoms. The van der Waals surface area contributed by atoms with Gasteiger partial charge in [-0.15, -0.1) is 0 Å². The molecule has 0 radical (unpaired) electrons. The van der Waals surface area contributed by atoms with Gasteiger partial charge in [-0.1, -0.05) is 12.1 Å². The van der Waals surface area contributed by atoms with E-state index in [0.29, 0.717) is 36.2 Å². The highest BCUT2D eigenvalue weighted by molar-refractivity contribution is 6.06. The molecule has 1 aromatic carbocycles. The van der Waals surface area contributed by atoms with Gasteiger partial charge in [0.1, 0.15) is 23.0 Å². The van der Waals surface area contributed by atoms with Crippen molar-refractivity contribution in [3.8, 4) is 0 Å². The third kappa shape index (κ3) is 3.32. The number of hydrogen-bond donors (Lipinski definition) is 3. The molecule has 0 amide bonds. The third-order valence-electron chi connectivity index (χ3n) is 5.94. The van der Waals surface area contributed by atoms with Gasteiger partial charge in [-0.2, -0.15) is 0 Å². The van der Waals surface area contributed by atoms with Crippen molar-refractivity contribution in [2.24, 2.45) is 0 Å². The Morgan fingerprint density at radius 3 is 2.97 bits per heavy atom. The molecule has 2 aliphatic heterocycles. The van der Waals surface area contributed by atoms with E-state index in [1.165, 1.54) is 0 Å². The van der Waals surface area contributed by atoms with Crippen LogP contribution in [0.25, 0.3) is 22.1 Å². The largest absolute Gasteiger partial charge is 0.480 e. The molecular weight excluding hydrogens is 370 g/mol. The van der Waals surface area contributed by atoms with Crippen molar-refractivity contribution >= 4 is 33.9 Å². The summed E-state index contributed by atoms with van der Waals surface area (Å²) in [5, 5.41) is 17.9. The molecule has 2 saturated heterocycles. The Labute approximate surface area is 168 Å². The first-order chi connectivity index (χ1) is 14.1. The van der Waals surface area contributed by atoms with Gasteiger partial charge in [0.15, 0.2) is 11.4 Å². The number of aliphatic carboxylic acids is 1. The topological polar surface area (TPSA) is 104 Å². The van der Waals surface area contributed by atoms with E-state index in [4.69, 9.17) is 4.42 Å². The monoisotopic (exact) mass is 395 g/mol. The molecule has 29 heavy (non-hydrogen) atoms. The molecule has 8 nitrogen and oxygen atoms in total. The molecule has 0 bridgehead atoms. The van der Waals surface area contributed by atoms with E-state index in [9.17, 15) is 9.90 Å². The normalized spacial score (nSPS) is 25.1. The summed E-state index contributed by atoms with van der Waals surface area (Å²) in [7, 11) is 0. The van der Waals surface area contributed by atoms with Crippen LogP contribution in [0, 0.1) is 6.92 Å². The Kier molecular flexibility index (Phi) is 4.60. The first-order valence-corrected chi connectivity index (χ1v) is 10.2. The number of hydrogen-bond acceptors (Lipinski definition) is 7. The van der Waals surface area contributed by atoms with Crippen LogP contribution in [0.4, 0.5) is 5.82 Å². The fourth-order valence-electron chi connectivity index (χ4n) is 4.63. The summed E-state index contributed by atoms with van der Waals surface area (Å²) in [4.78, 5) is 23.1. The second-order valence-corrected chi connectivity index (χ2v) is 8.02. The number of para-hydroxylation sites is 1. The number of benzene rings is 1. The van der Waals surface area contributed by atoms with E-state index < -0.39 is 12.0 Å². The van der Waals surface area contributed by atoms with Crippen molar-refractivity contribution in [3.05, 3.63) is 30.1 Å². The van der Waals surface area contributed by atoms with Gasteiger partial charge in [0.25, 0.3) is 0 Å². The summed E-state index contributed by atoms with van der Waals surface area (Å²) < 4.78 is 6.07. The van der Waals surface area contributed by atoms with E-state index >= 15 is 0 Å². The van der Waals surface area contributed by atoms with E-state index in [2.05, 4.69) is 20.6 Å². The minimum atomic E-state index is -0.836. The second-order valence-electron chi connectivity index (χ2n) is 8.02. The van der Waals surface area contributed by atoms with Crippen LogP contribution in [0.3, 0.4) is 0 Å². The fraction of sp³-hybridized carbons (Fsp3) is 0.476. The van der Waals surface area contributed by atoms with Crippen LogP contribution >= 0.6 is 0 Å². The molecule has 0 saturated carbocycles. The molecule has 3 aromatic rings. The summed E-state index contributed by atoms with van der Waals surface area (Å²) >= 11 is 0. The summed E-state index contributed by atoms with van der Waals surface area (Å²) in [5.74, 6) is 0.342. The van der Waals surface area contributed by atoms with Crippen LogP contribution in [0.5, 0.6) is 0 Å². The Bertz CT molecular complexity index is 1060. The average molecular weight is 395 g/mol. The Morgan fingerprint density at radius 2 is 2.17 bits per heavy atom. The number of furan rings is 1. The number of nitrogens with one attached hydrogen (secondary N) is 2. The quantitative estimate of drug-likeness (QED) is 0.617. The number of aromatic nitrogens is 2. The number of carboxylic acid groups (broad SMARTS) is 1. The summed E-state index contributed by atoms with van der Waals surface area (Å²) in [5.41, 5.74) is 2.03. The van der Waals surface area contributed by atoms with E-state index in [1.54, 1.807) is 0 Å². The van der Waals surface area contributed by atoms with Crippen LogP contribution in [0.2, 0.25) is 0 Å². The predicted octanol–water partition coefficient (Wildman–Crippen LogP) is 2.06. The van der Waals surface area contributed by atoms with E-state index in [-0.39, 0.29) is 6.04 Å². The SMILES string of the molecule is Cc1nc(N2CC(NC3CCCNC3)CC2C(=O)O)c2oc3ccccc3c2n1. The van der Waals surface area contributed by atoms with Crippen molar-refractivity contribution in [1.29, 1.82) is 0 Å². The van der Waals surface area contributed by atoms with Crippen LogP contribution in [-0.4, -0.2) is 58.8 Å². The standard InChI is InChI=1S/C21H25N5O3/c1-12-23-18-15-6-2-3-7-17(15)29-19(18)20(24-12)26-11-14(9-16(26)21(27)28)25-13-5-4-8-22-10-13/h2-3,6-7,13-14,16,22,25H,4-5,8-11H2,1H3,(H,27,28). The van der Waals surface area contributed by atoms with Gasteiger partial charge in [0.05, 0.1) is 0 Å². The number of piperidine rings is 1. The van der Waals surface area contributed by atoms with Crippen molar-refractivity contribution in [3.63, 3.8) is 0 Å². The van der Waals surface area contributed by atoms with Crippen LogP contribution in [-0.2, 0) is 4.79 Å².